The van der Waals surface area contributed by atoms with Gasteiger partial charge in [0.2, 0.25) is 0 Å². The zero-order valence-corrected chi connectivity index (χ0v) is 13.2. The van der Waals surface area contributed by atoms with Gasteiger partial charge in [-0.3, -0.25) is 0 Å². The van der Waals surface area contributed by atoms with Crippen LogP contribution in [0.25, 0.3) is 0 Å². The Kier molecular flexibility index (Phi) is 3.93. The van der Waals surface area contributed by atoms with Crippen molar-refractivity contribution in [2.24, 2.45) is 0 Å². The average molecular weight is 357 g/mol. The molecule has 130 valence electrons. The largest absolute Gasteiger partial charge is 0.441 e. The fraction of sp³-hybridized carbons (Fsp3) is 0.500. The summed E-state index contributed by atoms with van der Waals surface area (Å²) in [6.07, 6.45) is -3.89. The van der Waals surface area contributed by atoms with Crippen LogP contribution in [-0.4, -0.2) is 51.8 Å². The highest BCUT2D eigenvalue weighted by Gasteiger charge is 2.64. The molecule has 1 saturated carbocycles. The van der Waals surface area contributed by atoms with Crippen molar-refractivity contribution < 1.29 is 35.8 Å². The monoisotopic (exact) mass is 357 g/mol. The van der Waals surface area contributed by atoms with Crippen LogP contribution in [0.3, 0.4) is 0 Å². The number of amides is 1. The van der Waals surface area contributed by atoms with Crippen LogP contribution in [0.15, 0.2) is 30.3 Å². The maximum Gasteiger partial charge on any atom is 0.408 e. The molecule has 10 heteroatoms. The second-order valence-electron chi connectivity index (χ2n) is 5.65. The van der Waals surface area contributed by atoms with E-state index >= 15 is 0 Å². The molecule has 0 spiro atoms. The number of hydrogen-bond acceptors (Lipinski definition) is 8. The van der Waals surface area contributed by atoms with E-state index < -0.39 is 46.9 Å². The van der Waals surface area contributed by atoms with Gasteiger partial charge in [-0.05, 0) is 5.56 Å². The fourth-order valence-electron chi connectivity index (χ4n) is 3.14. The van der Waals surface area contributed by atoms with Crippen LogP contribution in [0.4, 0.5) is 4.79 Å². The number of ether oxygens (including phenoxy) is 3. The molecule has 3 aliphatic rings. The second kappa shape index (κ2) is 5.97. The zero-order valence-electron chi connectivity index (χ0n) is 12.4. The minimum absolute atomic E-state index is 0.104. The first-order valence-corrected chi connectivity index (χ1v) is 8.69. The smallest absolute Gasteiger partial charge is 0.408 e. The van der Waals surface area contributed by atoms with Crippen LogP contribution in [0.5, 0.6) is 0 Å². The number of nitrogens with one attached hydrogen (secondary N) is 1. The van der Waals surface area contributed by atoms with Crippen molar-refractivity contribution in [1.82, 2.24) is 5.32 Å². The quantitative estimate of drug-likeness (QED) is 0.582. The predicted molar refractivity (Wildman–Crippen MR) is 76.8 cm³/mol. The van der Waals surface area contributed by atoms with Crippen LogP contribution in [0.2, 0.25) is 0 Å². The zero-order chi connectivity index (χ0) is 16.7. The number of fused-ring (bicyclic) bond motifs is 3. The summed E-state index contributed by atoms with van der Waals surface area (Å²) in [5, 5.41) is 2.52. The number of alkyl carbamates (subject to hydrolysis) is 1. The minimum atomic E-state index is -4.10. The summed E-state index contributed by atoms with van der Waals surface area (Å²) in [5.41, 5.74) is 0.972. The molecule has 1 aromatic carbocycles. The molecule has 2 saturated heterocycles. The van der Waals surface area contributed by atoms with Crippen LogP contribution in [0, 0.1) is 0 Å². The number of benzene rings is 1. The lowest BCUT2D eigenvalue weighted by atomic mass is 10.2. The van der Waals surface area contributed by atoms with E-state index in [0.29, 0.717) is 6.61 Å². The van der Waals surface area contributed by atoms with E-state index in [-0.39, 0.29) is 6.79 Å². The highest BCUT2D eigenvalue weighted by atomic mass is 32.3. The molecule has 0 radical (unpaired) electrons. The van der Waals surface area contributed by atoms with Crippen LogP contribution < -0.4 is 5.32 Å². The van der Waals surface area contributed by atoms with Crippen LogP contribution in [0.1, 0.15) is 5.56 Å². The highest BCUT2D eigenvalue weighted by Crippen LogP contribution is 2.39. The number of carbonyl (C=O) groups is 1. The van der Waals surface area contributed by atoms with Gasteiger partial charge in [-0.15, -0.1) is 0 Å². The van der Waals surface area contributed by atoms with Crippen molar-refractivity contribution >= 4 is 16.5 Å². The Morgan fingerprint density at radius 1 is 1.08 bits per heavy atom. The molecule has 0 aromatic heterocycles. The Morgan fingerprint density at radius 3 is 2.62 bits per heavy atom. The topological polar surface area (TPSA) is 109 Å². The van der Waals surface area contributed by atoms with E-state index in [1.165, 1.54) is 0 Å². The van der Waals surface area contributed by atoms with Gasteiger partial charge >= 0.3 is 16.5 Å². The third-order valence-corrected chi connectivity index (χ3v) is 5.04. The van der Waals surface area contributed by atoms with Crippen molar-refractivity contribution in [3.05, 3.63) is 35.9 Å². The second-order valence-corrected chi connectivity index (χ2v) is 6.85. The van der Waals surface area contributed by atoms with Crippen molar-refractivity contribution in [3.63, 3.8) is 0 Å². The Bertz CT molecular complexity index is 724. The van der Waals surface area contributed by atoms with Gasteiger partial charge < -0.3 is 19.5 Å². The average Bonchev–Trinajstić information content (AvgIpc) is 3.14. The molecule has 2 heterocycles. The van der Waals surface area contributed by atoms with Gasteiger partial charge in [0.05, 0.1) is 6.61 Å². The molecule has 24 heavy (non-hydrogen) atoms. The lowest BCUT2D eigenvalue weighted by Gasteiger charge is -2.20. The van der Waals surface area contributed by atoms with E-state index in [1.807, 2.05) is 30.3 Å². The van der Waals surface area contributed by atoms with Gasteiger partial charge in [-0.25, -0.2) is 13.2 Å². The summed E-state index contributed by atoms with van der Waals surface area (Å²) < 4.78 is 48.9. The Balaban J connectivity index is 1.39. The van der Waals surface area contributed by atoms with E-state index in [2.05, 4.69) is 5.32 Å². The van der Waals surface area contributed by atoms with Gasteiger partial charge in [0.1, 0.15) is 31.1 Å². The normalized spacial score (nSPS) is 36.0. The molecule has 5 atom stereocenters. The minimum Gasteiger partial charge on any atom is -0.441 e. The number of hydrogen-bond donors (Lipinski definition) is 1. The van der Waals surface area contributed by atoms with Gasteiger partial charge in [0.15, 0.2) is 6.10 Å². The maximum atomic E-state index is 11.5. The highest BCUT2D eigenvalue weighted by molar-refractivity contribution is 7.82. The lowest BCUT2D eigenvalue weighted by molar-refractivity contribution is -0.138. The molecule has 0 bridgehead atoms. The van der Waals surface area contributed by atoms with Crippen molar-refractivity contribution in [2.75, 3.05) is 6.79 Å². The SMILES string of the molecule is O=C1N[C@H]2[C@@H](O1)[C@H](OCOCc1ccccc1)[C@H]1OS(=O)(=O)O[C@@H]21. The first kappa shape index (κ1) is 15.8. The molecule has 1 N–H and O–H groups in total. The summed E-state index contributed by atoms with van der Waals surface area (Å²) in [6.45, 7) is 0.233. The summed E-state index contributed by atoms with van der Waals surface area (Å²) >= 11 is 0. The molecule has 1 amide bonds. The molecule has 1 aromatic rings. The predicted octanol–water partition coefficient (Wildman–Crippen LogP) is 0.0653. The summed E-state index contributed by atoms with van der Waals surface area (Å²) in [5.74, 6) is 0. The van der Waals surface area contributed by atoms with Crippen molar-refractivity contribution in [3.8, 4) is 0 Å². The van der Waals surface area contributed by atoms with E-state index in [9.17, 15) is 13.2 Å². The summed E-state index contributed by atoms with van der Waals surface area (Å²) in [6, 6.07) is 8.86. The summed E-state index contributed by atoms with van der Waals surface area (Å²) in [4.78, 5) is 11.4. The molecule has 1 aliphatic carbocycles. The molecule has 0 unspecified atom stereocenters. The molecule has 9 nitrogen and oxygen atoms in total. The maximum absolute atomic E-state index is 11.5. The lowest BCUT2D eigenvalue weighted by Crippen LogP contribution is -2.39. The molecule has 3 fully saturated rings. The molecule has 2 aliphatic heterocycles. The van der Waals surface area contributed by atoms with Gasteiger partial charge in [0.25, 0.3) is 0 Å². The summed E-state index contributed by atoms with van der Waals surface area (Å²) in [7, 11) is -4.10. The van der Waals surface area contributed by atoms with E-state index in [4.69, 9.17) is 22.6 Å². The Morgan fingerprint density at radius 2 is 1.83 bits per heavy atom. The van der Waals surface area contributed by atoms with E-state index in [0.717, 1.165) is 5.56 Å². The Hall–Kier alpha value is -1.72. The van der Waals surface area contributed by atoms with E-state index in [1.54, 1.807) is 0 Å². The van der Waals surface area contributed by atoms with Crippen molar-refractivity contribution in [2.45, 2.75) is 37.1 Å². The molecule has 4 rings (SSSR count). The first-order valence-electron chi connectivity index (χ1n) is 7.35. The van der Waals surface area contributed by atoms with Crippen LogP contribution >= 0.6 is 0 Å². The van der Waals surface area contributed by atoms with Gasteiger partial charge in [-0.1, -0.05) is 30.3 Å². The Labute approximate surface area is 138 Å². The van der Waals surface area contributed by atoms with Gasteiger partial charge in [0, 0.05) is 0 Å². The van der Waals surface area contributed by atoms with Gasteiger partial charge in [-0.2, -0.15) is 8.42 Å². The molecular weight excluding hydrogens is 342 g/mol. The number of rotatable bonds is 5. The van der Waals surface area contributed by atoms with Crippen LogP contribution in [-0.2, 0) is 39.6 Å². The third-order valence-electron chi connectivity index (χ3n) is 4.12. The standard InChI is InChI=1S/C14H15NO8S/c16-14-15-9-10(21-14)12(13-11(9)22-24(17,18)23-13)20-7-19-6-8-4-2-1-3-5-8/h1-5,9-13H,6-7H2,(H,15,16)/t9-,10+,11-,12-,13-/m0/s1. The third kappa shape index (κ3) is 2.87. The number of carbonyl (C=O) groups excluding carboxylic acids is 1. The fourth-order valence-corrected chi connectivity index (χ4v) is 4.17. The first-order chi connectivity index (χ1) is 11.5. The van der Waals surface area contributed by atoms with Crippen molar-refractivity contribution in [1.29, 1.82) is 0 Å². The molecular formula is C14H15NO8S.